The molecule has 9 nitrogen and oxygen atoms in total. The van der Waals surface area contributed by atoms with Crippen LogP contribution in [0.2, 0.25) is 0 Å². The predicted molar refractivity (Wildman–Crippen MR) is 119 cm³/mol. The van der Waals surface area contributed by atoms with Crippen molar-refractivity contribution in [2.45, 2.75) is 6.92 Å². The maximum Gasteiger partial charge on any atom is 0.278 e. The lowest BCUT2D eigenvalue weighted by atomic mass is 10.0. The van der Waals surface area contributed by atoms with Crippen molar-refractivity contribution in [1.82, 2.24) is 19.6 Å². The Balaban J connectivity index is 1.95. The summed E-state index contributed by atoms with van der Waals surface area (Å²) in [6.45, 7) is 1.49. The number of benzene rings is 2. The van der Waals surface area contributed by atoms with E-state index < -0.39 is 21.7 Å². The van der Waals surface area contributed by atoms with E-state index in [0.29, 0.717) is 17.2 Å². The number of aryl methyl sites for hydroxylation is 2. The average Bonchev–Trinajstić information content (AvgIpc) is 3.15. The molecule has 33 heavy (non-hydrogen) atoms. The zero-order valence-electron chi connectivity index (χ0n) is 17.8. The third kappa shape index (κ3) is 4.29. The van der Waals surface area contributed by atoms with Crippen LogP contribution in [0.1, 0.15) is 6.92 Å². The molecule has 1 N–H and O–H groups in total. The molecule has 12 heteroatoms. The van der Waals surface area contributed by atoms with Gasteiger partial charge in [-0.3, -0.25) is 9.52 Å². The summed E-state index contributed by atoms with van der Waals surface area (Å²) in [6.07, 6.45) is 1.50. The molecule has 2 aromatic heterocycles. The first-order valence-electron chi connectivity index (χ1n) is 9.76. The summed E-state index contributed by atoms with van der Waals surface area (Å²) in [5.74, 6) is -1.92. The number of hydrogen-bond donors (Lipinski definition) is 1. The number of ether oxygens (including phenoxy) is 1. The van der Waals surface area contributed by atoms with Gasteiger partial charge in [-0.1, -0.05) is 5.21 Å². The van der Waals surface area contributed by atoms with Crippen molar-refractivity contribution in [2.75, 3.05) is 10.5 Å². The molecule has 0 fully saturated rings. The van der Waals surface area contributed by atoms with E-state index in [-0.39, 0.29) is 39.5 Å². The molecule has 0 atom stereocenters. The van der Waals surface area contributed by atoms with E-state index in [1.165, 1.54) is 40.6 Å². The molecule has 172 valence electrons. The summed E-state index contributed by atoms with van der Waals surface area (Å²) in [5, 5.41) is 7.99. The van der Waals surface area contributed by atoms with Gasteiger partial charge in [-0.2, -0.15) is 0 Å². The van der Waals surface area contributed by atoms with Crippen LogP contribution in [-0.4, -0.2) is 33.7 Å². The van der Waals surface area contributed by atoms with Crippen molar-refractivity contribution in [3.8, 4) is 22.6 Å². The molecule has 0 unspecified atom stereocenters. The normalized spacial score (nSPS) is 11.7. The molecular weight excluding hydrogens is 456 g/mol. The summed E-state index contributed by atoms with van der Waals surface area (Å²) >= 11 is 0. The molecule has 2 heterocycles. The Bertz CT molecular complexity index is 1550. The molecule has 4 rings (SSSR count). The Morgan fingerprint density at radius 1 is 1.06 bits per heavy atom. The lowest BCUT2D eigenvalue weighted by Crippen LogP contribution is -2.19. The maximum atomic E-state index is 14.3. The van der Waals surface area contributed by atoms with Gasteiger partial charge in [0.15, 0.2) is 17.1 Å². The fourth-order valence-corrected chi connectivity index (χ4v) is 3.91. The third-order valence-corrected chi connectivity index (χ3v) is 6.27. The second kappa shape index (κ2) is 8.28. The van der Waals surface area contributed by atoms with Gasteiger partial charge >= 0.3 is 0 Å². The Morgan fingerprint density at radius 2 is 1.79 bits per heavy atom. The van der Waals surface area contributed by atoms with Gasteiger partial charge in [0.1, 0.15) is 17.1 Å². The molecule has 0 spiro atoms. The molecular formula is C21H19F2N5O4S. The number of rotatable bonds is 6. The molecule has 0 aliphatic carbocycles. The smallest absolute Gasteiger partial charge is 0.278 e. The fourth-order valence-electron chi connectivity index (χ4n) is 3.28. The second-order valence-corrected chi connectivity index (χ2v) is 9.27. The van der Waals surface area contributed by atoms with Crippen LogP contribution in [0.15, 0.2) is 47.4 Å². The van der Waals surface area contributed by atoms with Crippen molar-refractivity contribution >= 4 is 26.7 Å². The van der Waals surface area contributed by atoms with Gasteiger partial charge in [0.25, 0.3) is 5.56 Å². The van der Waals surface area contributed by atoms with Gasteiger partial charge in [0.05, 0.1) is 5.75 Å². The van der Waals surface area contributed by atoms with Crippen LogP contribution in [0.5, 0.6) is 11.5 Å². The van der Waals surface area contributed by atoms with Crippen LogP contribution < -0.4 is 15.0 Å². The first-order chi connectivity index (χ1) is 15.6. The highest BCUT2D eigenvalue weighted by molar-refractivity contribution is 7.92. The number of aromatic nitrogens is 4. The van der Waals surface area contributed by atoms with E-state index in [9.17, 15) is 22.0 Å². The molecule has 4 aromatic rings. The number of sulfonamides is 1. The molecule has 0 bridgehead atoms. The summed E-state index contributed by atoms with van der Waals surface area (Å²) in [6, 6.07) is 7.25. The number of fused-ring (bicyclic) bond motifs is 1. The van der Waals surface area contributed by atoms with E-state index in [0.717, 1.165) is 12.1 Å². The van der Waals surface area contributed by atoms with E-state index in [1.54, 1.807) is 14.1 Å². The van der Waals surface area contributed by atoms with Crippen LogP contribution in [0.3, 0.4) is 0 Å². The monoisotopic (exact) mass is 475 g/mol. The Kier molecular flexibility index (Phi) is 5.62. The van der Waals surface area contributed by atoms with Crippen molar-refractivity contribution in [3.05, 3.63) is 64.6 Å². The first kappa shape index (κ1) is 22.4. The van der Waals surface area contributed by atoms with E-state index in [1.807, 2.05) is 0 Å². The van der Waals surface area contributed by atoms with Crippen molar-refractivity contribution in [1.29, 1.82) is 0 Å². The van der Waals surface area contributed by atoms with Gasteiger partial charge in [-0.15, -0.1) is 5.10 Å². The standard InChI is InChI=1S/C21H19F2N5O4S/c1-4-33(30,31)25-13-6-8-17(32-18-7-5-12(22)9-16(18)23)14(10-13)15-11-27(2)21(29)20-19(15)24-26-28(20)3/h5-11,25H,4H2,1-3H3. The van der Waals surface area contributed by atoms with Gasteiger partial charge < -0.3 is 9.30 Å². The SMILES string of the molecule is CCS(=O)(=O)Nc1ccc(Oc2ccc(F)cc2F)c(-c2cn(C)c(=O)c3c2nnn3C)c1. The minimum absolute atomic E-state index is 0.130. The van der Waals surface area contributed by atoms with Gasteiger partial charge in [0, 0.05) is 43.2 Å². The number of nitrogens with zero attached hydrogens (tertiary/aromatic N) is 4. The lowest BCUT2D eigenvalue weighted by Gasteiger charge is -2.15. The average molecular weight is 475 g/mol. The Labute approximate surface area is 187 Å². The lowest BCUT2D eigenvalue weighted by molar-refractivity contribution is 0.439. The fraction of sp³-hybridized carbons (Fsp3) is 0.190. The number of nitrogens with one attached hydrogen (secondary N) is 1. The van der Waals surface area contributed by atoms with E-state index >= 15 is 0 Å². The number of halogens is 2. The van der Waals surface area contributed by atoms with Gasteiger partial charge in [-0.05, 0) is 37.3 Å². The van der Waals surface area contributed by atoms with Crippen LogP contribution in [-0.2, 0) is 24.1 Å². The van der Waals surface area contributed by atoms with E-state index in [4.69, 9.17) is 4.74 Å². The Hall–Kier alpha value is -3.80. The van der Waals surface area contributed by atoms with Gasteiger partial charge in [0.2, 0.25) is 10.0 Å². The zero-order valence-corrected chi connectivity index (χ0v) is 18.7. The minimum Gasteiger partial charge on any atom is -0.454 e. The zero-order chi connectivity index (χ0) is 23.9. The molecule has 0 saturated heterocycles. The molecule has 0 aliphatic heterocycles. The summed E-state index contributed by atoms with van der Waals surface area (Å²) < 4.78 is 62.6. The first-order valence-corrected chi connectivity index (χ1v) is 11.4. The second-order valence-electron chi connectivity index (χ2n) is 7.26. The molecule has 0 amide bonds. The quantitative estimate of drug-likeness (QED) is 0.459. The van der Waals surface area contributed by atoms with Crippen molar-refractivity contribution < 1.29 is 21.9 Å². The number of pyridine rings is 1. The molecule has 0 aliphatic rings. The van der Waals surface area contributed by atoms with E-state index in [2.05, 4.69) is 15.0 Å². The molecule has 0 saturated carbocycles. The van der Waals surface area contributed by atoms with Crippen LogP contribution in [0.25, 0.3) is 22.2 Å². The topological polar surface area (TPSA) is 108 Å². The minimum atomic E-state index is -3.59. The largest absolute Gasteiger partial charge is 0.454 e. The summed E-state index contributed by atoms with van der Waals surface area (Å²) in [4.78, 5) is 12.6. The van der Waals surface area contributed by atoms with Crippen LogP contribution in [0, 0.1) is 11.6 Å². The third-order valence-electron chi connectivity index (χ3n) is 4.96. The van der Waals surface area contributed by atoms with Crippen LogP contribution in [0.4, 0.5) is 14.5 Å². The molecule has 0 radical (unpaired) electrons. The van der Waals surface area contributed by atoms with Crippen LogP contribution >= 0.6 is 0 Å². The summed E-state index contributed by atoms with van der Waals surface area (Å²) in [5.41, 5.74) is 1.07. The maximum absolute atomic E-state index is 14.3. The Morgan fingerprint density at radius 3 is 2.48 bits per heavy atom. The summed E-state index contributed by atoms with van der Waals surface area (Å²) in [7, 11) is -0.477. The number of hydrogen-bond acceptors (Lipinski definition) is 6. The van der Waals surface area contributed by atoms with Crippen molar-refractivity contribution in [2.24, 2.45) is 14.1 Å². The highest BCUT2D eigenvalue weighted by atomic mass is 32.2. The van der Waals surface area contributed by atoms with Gasteiger partial charge in [-0.25, -0.2) is 21.9 Å². The van der Waals surface area contributed by atoms with Crippen molar-refractivity contribution in [3.63, 3.8) is 0 Å². The molecule has 2 aromatic carbocycles. The predicted octanol–water partition coefficient (Wildman–Crippen LogP) is 3.17. The highest BCUT2D eigenvalue weighted by Crippen LogP contribution is 2.38. The number of anilines is 1. The highest BCUT2D eigenvalue weighted by Gasteiger charge is 2.20.